The van der Waals surface area contributed by atoms with E-state index in [9.17, 15) is 18.0 Å². The summed E-state index contributed by atoms with van der Waals surface area (Å²) < 4.78 is 32.5. The molecule has 0 saturated carbocycles. The zero-order valence-corrected chi connectivity index (χ0v) is 18.3. The number of aryl methyl sites for hydroxylation is 1. The van der Waals surface area contributed by atoms with Gasteiger partial charge in [-0.1, -0.05) is 48.0 Å². The second-order valence-corrected chi connectivity index (χ2v) is 9.94. The lowest BCUT2D eigenvalue weighted by Crippen LogP contribution is -2.51. The standard InChI is InChI=1S/C23H27NO5S/c1-16(2)24-20(13-14-21(24)25)22(23(26)29-15-18-7-5-4-6-8-18)30(27,28)19-11-9-17(3)10-12-19/h4-12,16,20,22H,13-15H2,1-3H3/t20-,22-/m0/s1. The van der Waals surface area contributed by atoms with Gasteiger partial charge in [-0.3, -0.25) is 9.59 Å². The van der Waals surface area contributed by atoms with Crippen molar-refractivity contribution < 1.29 is 22.7 Å². The molecule has 0 unspecified atom stereocenters. The fraction of sp³-hybridized carbons (Fsp3) is 0.391. The van der Waals surface area contributed by atoms with Gasteiger partial charge in [-0.15, -0.1) is 0 Å². The van der Waals surface area contributed by atoms with E-state index in [0.717, 1.165) is 11.1 Å². The lowest BCUT2D eigenvalue weighted by atomic mass is 10.1. The van der Waals surface area contributed by atoms with Crippen LogP contribution in [0.3, 0.4) is 0 Å². The van der Waals surface area contributed by atoms with Gasteiger partial charge < -0.3 is 9.64 Å². The molecule has 2 aromatic carbocycles. The number of hydrogen-bond acceptors (Lipinski definition) is 5. The Balaban J connectivity index is 1.96. The number of amides is 1. The van der Waals surface area contributed by atoms with Crippen LogP contribution in [0.1, 0.15) is 37.8 Å². The molecule has 2 atom stereocenters. The van der Waals surface area contributed by atoms with Crippen LogP contribution in [-0.4, -0.2) is 42.5 Å². The Morgan fingerprint density at radius 3 is 2.33 bits per heavy atom. The molecule has 3 rings (SSSR count). The summed E-state index contributed by atoms with van der Waals surface area (Å²) in [5.41, 5.74) is 1.68. The third kappa shape index (κ3) is 4.56. The van der Waals surface area contributed by atoms with E-state index in [0.29, 0.717) is 6.42 Å². The maximum Gasteiger partial charge on any atom is 0.327 e. The van der Waals surface area contributed by atoms with E-state index < -0.39 is 27.1 Å². The first-order valence-electron chi connectivity index (χ1n) is 10.0. The van der Waals surface area contributed by atoms with E-state index in [1.165, 1.54) is 17.0 Å². The largest absolute Gasteiger partial charge is 0.460 e. The SMILES string of the molecule is Cc1ccc(S(=O)(=O)[C@H](C(=O)OCc2ccccc2)[C@@H]2CCC(=O)N2C(C)C)cc1. The van der Waals surface area contributed by atoms with Gasteiger partial charge in [-0.25, -0.2) is 8.42 Å². The van der Waals surface area contributed by atoms with E-state index in [1.54, 1.807) is 24.3 Å². The average Bonchev–Trinajstić information content (AvgIpc) is 3.08. The smallest absolute Gasteiger partial charge is 0.327 e. The highest BCUT2D eigenvalue weighted by molar-refractivity contribution is 7.92. The average molecular weight is 430 g/mol. The molecule has 0 bridgehead atoms. The van der Waals surface area contributed by atoms with Crippen molar-refractivity contribution in [1.82, 2.24) is 4.90 Å². The normalized spacial score (nSPS) is 17.9. The molecule has 7 heteroatoms. The van der Waals surface area contributed by atoms with Crippen LogP contribution >= 0.6 is 0 Å². The first-order valence-corrected chi connectivity index (χ1v) is 11.6. The minimum Gasteiger partial charge on any atom is -0.460 e. The van der Waals surface area contributed by atoms with E-state index in [4.69, 9.17) is 4.74 Å². The molecule has 1 amide bonds. The summed E-state index contributed by atoms with van der Waals surface area (Å²) in [7, 11) is -4.06. The first-order chi connectivity index (χ1) is 14.2. The third-order valence-electron chi connectivity index (χ3n) is 5.35. The monoisotopic (exact) mass is 429 g/mol. The van der Waals surface area contributed by atoms with Crippen LogP contribution in [0, 0.1) is 6.92 Å². The molecule has 0 aliphatic carbocycles. The van der Waals surface area contributed by atoms with Crippen molar-refractivity contribution >= 4 is 21.7 Å². The summed E-state index contributed by atoms with van der Waals surface area (Å²) in [6.45, 7) is 5.47. The highest BCUT2D eigenvalue weighted by atomic mass is 32.2. The van der Waals surface area contributed by atoms with E-state index in [-0.39, 0.29) is 29.9 Å². The number of ether oxygens (including phenoxy) is 1. The van der Waals surface area contributed by atoms with Crippen molar-refractivity contribution in [3.05, 3.63) is 65.7 Å². The van der Waals surface area contributed by atoms with Crippen molar-refractivity contribution in [1.29, 1.82) is 0 Å². The summed E-state index contributed by atoms with van der Waals surface area (Å²) in [4.78, 5) is 27.1. The fourth-order valence-corrected chi connectivity index (χ4v) is 5.68. The van der Waals surface area contributed by atoms with Gasteiger partial charge in [0.05, 0.1) is 10.9 Å². The molecule has 1 saturated heterocycles. The van der Waals surface area contributed by atoms with Crippen molar-refractivity contribution in [3.63, 3.8) is 0 Å². The molecule has 6 nitrogen and oxygen atoms in total. The molecule has 0 N–H and O–H groups in total. The van der Waals surface area contributed by atoms with Crippen molar-refractivity contribution in [3.8, 4) is 0 Å². The molecular formula is C23H27NO5S. The van der Waals surface area contributed by atoms with Crippen LogP contribution in [0.15, 0.2) is 59.5 Å². The summed E-state index contributed by atoms with van der Waals surface area (Å²) in [5.74, 6) is -0.972. The van der Waals surface area contributed by atoms with Gasteiger partial charge in [0, 0.05) is 12.5 Å². The zero-order valence-electron chi connectivity index (χ0n) is 17.4. The molecule has 0 aromatic heterocycles. The number of carbonyl (C=O) groups is 2. The van der Waals surface area contributed by atoms with E-state index >= 15 is 0 Å². The molecule has 1 heterocycles. The highest BCUT2D eigenvalue weighted by Gasteiger charge is 2.49. The van der Waals surface area contributed by atoms with Crippen molar-refractivity contribution in [2.24, 2.45) is 0 Å². The molecular weight excluding hydrogens is 402 g/mol. The predicted octanol–water partition coefficient (Wildman–Crippen LogP) is 3.28. The van der Waals surface area contributed by atoms with Gasteiger partial charge in [-0.05, 0) is 44.9 Å². The minimum atomic E-state index is -4.06. The number of hydrogen-bond donors (Lipinski definition) is 0. The van der Waals surface area contributed by atoms with Crippen LogP contribution in [-0.2, 0) is 30.8 Å². The number of esters is 1. The van der Waals surface area contributed by atoms with Crippen molar-refractivity contribution in [2.45, 2.75) is 62.4 Å². The molecule has 1 fully saturated rings. The number of nitrogens with zero attached hydrogens (tertiary/aromatic N) is 1. The van der Waals surface area contributed by atoms with Crippen LogP contribution in [0.2, 0.25) is 0 Å². The summed E-state index contributed by atoms with van der Waals surface area (Å²) in [5, 5.41) is -1.47. The number of likely N-dealkylation sites (tertiary alicyclic amines) is 1. The topological polar surface area (TPSA) is 80.7 Å². The van der Waals surface area contributed by atoms with E-state index in [2.05, 4.69) is 0 Å². The highest BCUT2D eigenvalue weighted by Crippen LogP contribution is 2.31. The lowest BCUT2D eigenvalue weighted by molar-refractivity contribution is -0.146. The molecule has 1 aliphatic heterocycles. The van der Waals surface area contributed by atoms with Gasteiger partial charge in [0.25, 0.3) is 0 Å². The summed E-state index contributed by atoms with van der Waals surface area (Å²) >= 11 is 0. The Bertz CT molecular complexity index is 1000. The van der Waals surface area contributed by atoms with Crippen molar-refractivity contribution in [2.75, 3.05) is 0 Å². The Hall–Kier alpha value is -2.67. The third-order valence-corrected chi connectivity index (χ3v) is 7.45. The van der Waals surface area contributed by atoms with E-state index in [1.807, 2.05) is 39.0 Å². The van der Waals surface area contributed by atoms with Crippen LogP contribution in [0.25, 0.3) is 0 Å². The Kier molecular flexibility index (Phi) is 6.61. The van der Waals surface area contributed by atoms with Gasteiger partial charge in [0.2, 0.25) is 5.91 Å². The van der Waals surface area contributed by atoms with Gasteiger partial charge in [-0.2, -0.15) is 0 Å². The molecule has 0 spiro atoms. The number of sulfone groups is 1. The second kappa shape index (κ2) is 9.00. The summed E-state index contributed by atoms with van der Waals surface area (Å²) in [6.07, 6.45) is 0.516. The summed E-state index contributed by atoms with van der Waals surface area (Å²) in [6, 6.07) is 14.5. The molecule has 2 aromatic rings. The first kappa shape index (κ1) is 22.0. The quantitative estimate of drug-likeness (QED) is 0.631. The second-order valence-electron chi connectivity index (χ2n) is 7.87. The fourth-order valence-electron chi connectivity index (χ4n) is 3.87. The van der Waals surface area contributed by atoms with Crippen LogP contribution < -0.4 is 0 Å². The molecule has 0 radical (unpaired) electrons. The maximum atomic E-state index is 13.5. The Morgan fingerprint density at radius 1 is 1.10 bits per heavy atom. The number of carbonyl (C=O) groups excluding carboxylic acids is 2. The molecule has 160 valence electrons. The van der Waals surface area contributed by atoms with Gasteiger partial charge in [0.1, 0.15) is 6.61 Å². The van der Waals surface area contributed by atoms with Gasteiger partial charge >= 0.3 is 5.97 Å². The minimum absolute atomic E-state index is 0.0259. The van der Waals surface area contributed by atoms with Gasteiger partial charge in [0.15, 0.2) is 15.1 Å². The lowest BCUT2D eigenvalue weighted by Gasteiger charge is -2.33. The number of rotatable bonds is 7. The Labute approximate surface area is 177 Å². The number of benzene rings is 2. The molecule has 30 heavy (non-hydrogen) atoms. The van der Waals surface area contributed by atoms with Crippen LogP contribution in [0.4, 0.5) is 0 Å². The molecule has 1 aliphatic rings. The van der Waals surface area contributed by atoms with Crippen LogP contribution in [0.5, 0.6) is 0 Å². The zero-order chi connectivity index (χ0) is 21.9. The Morgan fingerprint density at radius 2 is 1.73 bits per heavy atom. The maximum absolute atomic E-state index is 13.5. The predicted molar refractivity (Wildman–Crippen MR) is 113 cm³/mol.